The van der Waals surface area contributed by atoms with Gasteiger partial charge < -0.3 is 9.47 Å². The van der Waals surface area contributed by atoms with Gasteiger partial charge in [-0.2, -0.15) is 0 Å². The standard InChI is InChI=1S/C22H25NO4/c1-26-22(25)20-18(16-11-12-16)13-14-23-19(20)10-6-3-7-15-27-21(24)17-8-4-2-5-9-17/h2,4-5,8-9,13-14,16H,3,6-7,10-12,15H2,1H3. The monoisotopic (exact) mass is 367 g/mol. The molecule has 0 unspecified atom stereocenters. The molecule has 0 radical (unpaired) electrons. The molecule has 0 spiro atoms. The number of esters is 2. The van der Waals surface area contributed by atoms with Crippen molar-refractivity contribution in [2.24, 2.45) is 0 Å². The molecule has 1 aromatic heterocycles. The van der Waals surface area contributed by atoms with Gasteiger partial charge in [-0.3, -0.25) is 4.98 Å². The quantitative estimate of drug-likeness (QED) is 0.488. The number of carbonyl (C=O) groups is 2. The molecule has 1 aromatic carbocycles. The summed E-state index contributed by atoms with van der Waals surface area (Å²) in [7, 11) is 1.41. The number of aryl methyl sites for hydroxylation is 1. The summed E-state index contributed by atoms with van der Waals surface area (Å²) in [6, 6.07) is 10.9. The number of carbonyl (C=O) groups excluding carboxylic acids is 2. The fraction of sp³-hybridized carbons (Fsp3) is 0.409. The van der Waals surface area contributed by atoms with Crippen molar-refractivity contribution in [1.29, 1.82) is 0 Å². The highest BCUT2D eigenvalue weighted by Crippen LogP contribution is 2.42. The van der Waals surface area contributed by atoms with E-state index < -0.39 is 0 Å². The van der Waals surface area contributed by atoms with Gasteiger partial charge in [-0.05, 0) is 68.2 Å². The highest BCUT2D eigenvalue weighted by molar-refractivity contribution is 5.92. The molecular formula is C22H25NO4. The third kappa shape index (κ3) is 5.16. The van der Waals surface area contributed by atoms with E-state index in [0.717, 1.165) is 49.8 Å². The van der Waals surface area contributed by atoms with Gasteiger partial charge in [0.25, 0.3) is 0 Å². The van der Waals surface area contributed by atoms with Crippen LogP contribution in [-0.2, 0) is 15.9 Å². The molecule has 0 bridgehead atoms. The number of ether oxygens (including phenoxy) is 2. The Morgan fingerprint density at radius 3 is 2.52 bits per heavy atom. The second kappa shape index (κ2) is 9.31. The zero-order valence-corrected chi connectivity index (χ0v) is 15.6. The number of unbranched alkanes of at least 4 members (excludes halogenated alkanes) is 2. The smallest absolute Gasteiger partial charge is 0.340 e. The second-order valence-corrected chi connectivity index (χ2v) is 6.80. The van der Waals surface area contributed by atoms with Crippen molar-refractivity contribution in [3.63, 3.8) is 0 Å². The van der Waals surface area contributed by atoms with Crippen molar-refractivity contribution < 1.29 is 19.1 Å². The van der Waals surface area contributed by atoms with Gasteiger partial charge in [-0.1, -0.05) is 18.2 Å². The summed E-state index contributed by atoms with van der Waals surface area (Å²) in [5, 5.41) is 0. The Morgan fingerprint density at radius 2 is 1.81 bits per heavy atom. The van der Waals surface area contributed by atoms with Crippen molar-refractivity contribution in [3.05, 3.63) is 65.0 Å². The summed E-state index contributed by atoms with van der Waals surface area (Å²) in [5.74, 6) is -0.114. The van der Waals surface area contributed by atoms with Gasteiger partial charge >= 0.3 is 11.9 Å². The van der Waals surface area contributed by atoms with E-state index in [2.05, 4.69) is 4.98 Å². The van der Waals surface area contributed by atoms with E-state index in [1.54, 1.807) is 18.3 Å². The van der Waals surface area contributed by atoms with E-state index in [9.17, 15) is 9.59 Å². The lowest BCUT2D eigenvalue weighted by atomic mass is 9.99. The topological polar surface area (TPSA) is 65.5 Å². The fourth-order valence-electron chi connectivity index (χ4n) is 3.18. The number of hydrogen-bond donors (Lipinski definition) is 0. The molecule has 1 aliphatic carbocycles. The van der Waals surface area contributed by atoms with Gasteiger partial charge in [0.1, 0.15) is 0 Å². The molecule has 1 fully saturated rings. The molecule has 27 heavy (non-hydrogen) atoms. The molecule has 142 valence electrons. The Bertz CT molecular complexity index is 784. The number of aromatic nitrogens is 1. The molecule has 2 aromatic rings. The lowest BCUT2D eigenvalue weighted by molar-refractivity contribution is 0.0496. The minimum atomic E-state index is -0.295. The summed E-state index contributed by atoms with van der Waals surface area (Å²) in [5.41, 5.74) is 3.11. The third-order valence-electron chi connectivity index (χ3n) is 4.77. The number of hydrogen-bond acceptors (Lipinski definition) is 5. The zero-order valence-electron chi connectivity index (χ0n) is 15.6. The van der Waals surface area contributed by atoms with Crippen molar-refractivity contribution in [2.45, 2.75) is 44.4 Å². The van der Waals surface area contributed by atoms with Crippen LogP contribution in [0.4, 0.5) is 0 Å². The minimum absolute atomic E-state index is 0.289. The van der Waals surface area contributed by atoms with Gasteiger partial charge in [-0.15, -0.1) is 0 Å². The maximum absolute atomic E-state index is 12.2. The highest BCUT2D eigenvalue weighted by atomic mass is 16.5. The number of rotatable bonds is 9. The van der Waals surface area contributed by atoms with Crippen LogP contribution in [0.2, 0.25) is 0 Å². The molecule has 5 nitrogen and oxygen atoms in total. The third-order valence-corrected chi connectivity index (χ3v) is 4.77. The predicted octanol–water partition coefficient (Wildman–Crippen LogP) is 4.32. The summed E-state index contributed by atoms with van der Waals surface area (Å²) in [4.78, 5) is 28.5. The Labute approximate surface area is 159 Å². The van der Waals surface area contributed by atoms with Gasteiger partial charge in [-0.25, -0.2) is 9.59 Å². The molecule has 1 saturated carbocycles. The van der Waals surface area contributed by atoms with E-state index in [1.165, 1.54) is 7.11 Å². The number of benzene rings is 1. The summed E-state index contributed by atoms with van der Waals surface area (Å²) in [6.07, 6.45) is 7.33. The maximum atomic E-state index is 12.2. The molecule has 0 atom stereocenters. The first-order valence-electron chi connectivity index (χ1n) is 9.49. The normalized spacial score (nSPS) is 13.2. The Morgan fingerprint density at radius 1 is 1.04 bits per heavy atom. The van der Waals surface area contributed by atoms with E-state index in [-0.39, 0.29) is 11.9 Å². The first kappa shape index (κ1) is 19.1. The van der Waals surface area contributed by atoms with Crippen LogP contribution >= 0.6 is 0 Å². The first-order chi connectivity index (χ1) is 13.2. The minimum Gasteiger partial charge on any atom is -0.465 e. The summed E-state index contributed by atoms with van der Waals surface area (Å²) < 4.78 is 10.3. The van der Waals surface area contributed by atoms with Crippen LogP contribution in [0.1, 0.15) is 70.0 Å². The maximum Gasteiger partial charge on any atom is 0.340 e. The van der Waals surface area contributed by atoms with Crippen LogP contribution in [0.5, 0.6) is 0 Å². The fourth-order valence-corrected chi connectivity index (χ4v) is 3.18. The SMILES string of the molecule is COC(=O)c1c(C2CC2)ccnc1CCCCCOC(=O)c1ccccc1. The summed E-state index contributed by atoms with van der Waals surface area (Å²) in [6.45, 7) is 0.396. The van der Waals surface area contributed by atoms with Gasteiger partial charge in [0.05, 0.1) is 30.5 Å². The van der Waals surface area contributed by atoms with Crippen LogP contribution in [0.15, 0.2) is 42.6 Å². The molecule has 5 heteroatoms. The zero-order chi connectivity index (χ0) is 19.1. The van der Waals surface area contributed by atoms with Crippen LogP contribution in [0, 0.1) is 0 Å². The predicted molar refractivity (Wildman–Crippen MR) is 102 cm³/mol. The van der Waals surface area contributed by atoms with Gasteiger partial charge in [0, 0.05) is 6.20 Å². The van der Waals surface area contributed by atoms with Crippen LogP contribution in [-0.4, -0.2) is 30.6 Å². The molecular weight excluding hydrogens is 342 g/mol. The van der Waals surface area contributed by atoms with Crippen molar-refractivity contribution in [2.75, 3.05) is 13.7 Å². The number of nitrogens with zero attached hydrogens (tertiary/aromatic N) is 1. The Kier molecular flexibility index (Phi) is 6.58. The average Bonchev–Trinajstić information content (AvgIpc) is 3.55. The van der Waals surface area contributed by atoms with Crippen molar-refractivity contribution in [1.82, 2.24) is 4.98 Å². The summed E-state index contributed by atoms with van der Waals surface area (Å²) >= 11 is 0. The van der Waals surface area contributed by atoms with Crippen LogP contribution in [0.3, 0.4) is 0 Å². The van der Waals surface area contributed by atoms with E-state index in [1.807, 2.05) is 24.3 Å². The lowest BCUT2D eigenvalue weighted by Gasteiger charge is -2.12. The number of pyridine rings is 1. The van der Waals surface area contributed by atoms with Crippen LogP contribution < -0.4 is 0 Å². The lowest BCUT2D eigenvalue weighted by Crippen LogP contribution is -2.11. The average molecular weight is 367 g/mol. The highest BCUT2D eigenvalue weighted by Gasteiger charge is 2.30. The van der Waals surface area contributed by atoms with Gasteiger partial charge in [0.2, 0.25) is 0 Å². The molecule has 1 heterocycles. The van der Waals surface area contributed by atoms with Gasteiger partial charge in [0.15, 0.2) is 0 Å². The van der Waals surface area contributed by atoms with Crippen LogP contribution in [0.25, 0.3) is 0 Å². The van der Waals surface area contributed by atoms with Crippen molar-refractivity contribution >= 4 is 11.9 Å². The Hall–Kier alpha value is -2.69. The number of methoxy groups -OCH3 is 1. The molecule has 1 aliphatic rings. The second-order valence-electron chi connectivity index (χ2n) is 6.80. The largest absolute Gasteiger partial charge is 0.465 e. The van der Waals surface area contributed by atoms with E-state index >= 15 is 0 Å². The molecule has 3 rings (SSSR count). The molecule has 0 aliphatic heterocycles. The van der Waals surface area contributed by atoms with E-state index in [0.29, 0.717) is 23.7 Å². The Balaban J connectivity index is 1.46. The molecule has 0 saturated heterocycles. The van der Waals surface area contributed by atoms with Crippen molar-refractivity contribution in [3.8, 4) is 0 Å². The first-order valence-corrected chi connectivity index (χ1v) is 9.49. The molecule has 0 N–H and O–H groups in total. The van der Waals surface area contributed by atoms with E-state index in [4.69, 9.17) is 9.47 Å². The molecule has 0 amide bonds.